The minimum atomic E-state index is -0.424. The van der Waals surface area contributed by atoms with Gasteiger partial charge in [0.25, 0.3) is 0 Å². The lowest BCUT2D eigenvalue weighted by Gasteiger charge is -1.93. The van der Waals surface area contributed by atoms with Crippen molar-refractivity contribution in [1.82, 2.24) is 9.78 Å². The minimum Gasteiger partial charge on any atom is -0.396 e. The molecule has 0 unspecified atom stereocenters. The summed E-state index contributed by atoms with van der Waals surface area (Å²) < 4.78 is 1.42. The van der Waals surface area contributed by atoms with Gasteiger partial charge in [0.2, 0.25) is 5.91 Å². The SMILES string of the molecule is Cc1nn(CC(N)=O)cc1N. The Kier molecular flexibility index (Phi) is 1.80. The zero-order valence-electron chi connectivity index (χ0n) is 6.24. The number of nitrogens with zero attached hydrogens (tertiary/aromatic N) is 2. The van der Waals surface area contributed by atoms with Crippen molar-refractivity contribution < 1.29 is 4.79 Å². The zero-order chi connectivity index (χ0) is 8.43. The molecule has 4 N–H and O–H groups in total. The van der Waals surface area contributed by atoms with Crippen LogP contribution in [0.3, 0.4) is 0 Å². The van der Waals surface area contributed by atoms with Gasteiger partial charge in [-0.1, -0.05) is 0 Å². The lowest BCUT2D eigenvalue weighted by atomic mass is 10.4. The fourth-order valence-electron chi connectivity index (χ4n) is 0.774. The smallest absolute Gasteiger partial charge is 0.239 e. The first-order chi connectivity index (χ1) is 5.09. The molecule has 0 saturated carbocycles. The number of aromatic nitrogens is 2. The lowest BCUT2D eigenvalue weighted by Crippen LogP contribution is -2.18. The molecule has 0 aliphatic rings. The molecule has 0 radical (unpaired) electrons. The van der Waals surface area contributed by atoms with E-state index in [0.29, 0.717) is 11.4 Å². The third kappa shape index (κ3) is 1.70. The molecule has 0 fully saturated rings. The van der Waals surface area contributed by atoms with E-state index in [1.807, 2.05) is 0 Å². The number of rotatable bonds is 2. The summed E-state index contributed by atoms with van der Waals surface area (Å²) in [6, 6.07) is 0. The molecule has 1 rings (SSSR count). The third-order valence-corrected chi connectivity index (χ3v) is 1.30. The van der Waals surface area contributed by atoms with Crippen molar-refractivity contribution in [2.45, 2.75) is 13.5 Å². The lowest BCUT2D eigenvalue weighted by molar-refractivity contribution is -0.118. The van der Waals surface area contributed by atoms with E-state index in [2.05, 4.69) is 5.10 Å². The summed E-state index contributed by atoms with van der Waals surface area (Å²) in [6.07, 6.45) is 1.58. The molecule has 0 saturated heterocycles. The normalized spacial score (nSPS) is 9.91. The van der Waals surface area contributed by atoms with Crippen molar-refractivity contribution in [3.8, 4) is 0 Å². The fourth-order valence-corrected chi connectivity index (χ4v) is 0.774. The van der Waals surface area contributed by atoms with E-state index in [1.54, 1.807) is 13.1 Å². The van der Waals surface area contributed by atoms with Gasteiger partial charge in [-0.2, -0.15) is 5.10 Å². The average Bonchev–Trinajstić information content (AvgIpc) is 2.10. The van der Waals surface area contributed by atoms with E-state index in [0.717, 1.165) is 0 Å². The molecule has 11 heavy (non-hydrogen) atoms. The van der Waals surface area contributed by atoms with Gasteiger partial charge < -0.3 is 11.5 Å². The second kappa shape index (κ2) is 2.61. The second-order valence-electron chi connectivity index (χ2n) is 2.33. The maximum atomic E-state index is 10.4. The number of nitrogen functional groups attached to an aromatic ring is 1. The predicted molar refractivity (Wildman–Crippen MR) is 40.6 cm³/mol. The van der Waals surface area contributed by atoms with E-state index in [9.17, 15) is 4.79 Å². The van der Waals surface area contributed by atoms with E-state index in [1.165, 1.54) is 4.68 Å². The number of nitrogens with two attached hydrogens (primary N) is 2. The van der Waals surface area contributed by atoms with Crippen LogP contribution in [0.25, 0.3) is 0 Å². The van der Waals surface area contributed by atoms with Gasteiger partial charge >= 0.3 is 0 Å². The predicted octanol–water partition coefficient (Wildman–Crippen LogP) is -0.741. The molecule has 5 nitrogen and oxygen atoms in total. The van der Waals surface area contributed by atoms with Crippen molar-refractivity contribution in [1.29, 1.82) is 0 Å². The van der Waals surface area contributed by atoms with Crippen LogP contribution in [0.1, 0.15) is 5.69 Å². The number of carbonyl (C=O) groups excluding carboxylic acids is 1. The highest BCUT2D eigenvalue weighted by molar-refractivity contribution is 5.73. The second-order valence-corrected chi connectivity index (χ2v) is 2.33. The summed E-state index contributed by atoms with van der Waals surface area (Å²) in [5.74, 6) is -0.424. The Morgan fingerprint density at radius 3 is 2.82 bits per heavy atom. The molecule has 0 bridgehead atoms. The summed E-state index contributed by atoms with van der Waals surface area (Å²) in [6.45, 7) is 1.85. The summed E-state index contributed by atoms with van der Waals surface area (Å²) in [4.78, 5) is 10.4. The summed E-state index contributed by atoms with van der Waals surface area (Å²) in [5, 5.41) is 3.94. The Balaban J connectivity index is 2.81. The first-order valence-electron chi connectivity index (χ1n) is 3.17. The summed E-state index contributed by atoms with van der Waals surface area (Å²) in [7, 11) is 0. The van der Waals surface area contributed by atoms with Crippen molar-refractivity contribution in [3.05, 3.63) is 11.9 Å². The Morgan fingerprint density at radius 2 is 2.45 bits per heavy atom. The minimum absolute atomic E-state index is 0.0814. The number of primary amides is 1. The average molecular weight is 154 g/mol. The molecule has 1 amide bonds. The van der Waals surface area contributed by atoms with Crippen molar-refractivity contribution in [3.63, 3.8) is 0 Å². The van der Waals surface area contributed by atoms with E-state index >= 15 is 0 Å². The highest BCUT2D eigenvalue weighted by Crippen LogP contribution is 2.05. The molecule has 0 aliphatic carbocycles. The Labute approximate surface area is 64.0 Å². The van der Waals surface area contributed by atoms with Gasteiger partial charge in [0, 0.05) is 6.20 Å². The number of hydrogen-bond donors (Lipinski definition) is 2. The van der Waals surface area contributed by atoms with E-state index in [-0.39, 0.29) is 6.54 Å². The van der Waals surface area contributed by atoms with Crippen LogP contribution in [0, 0.1) is 6.92 Å². The maximum absolute atomic E-state index is 10.4. The largest absolute Gasteiger partial charge is 0.396 e. The first kappa shape index (κ1) is 7.59. The van der Waals surface area contributed by atoms with E-state index < -0.39 is 5.91 Å². The third-order valence-electron chi connectivity index (χ3n) is 1.30. The van der Waals surface area contributed by atoms with Crippen LogP contribution in [-0.2, 0) is 11.3 Å². The highest BCUT2D eigenvalue weighted by Gasteiger charge is 2.01. The Hall–Kier alpha value is -1.52. The van der Waals surface area contributed by atoms with Crippen LogP contribution in [0.2, 0.25) is 0 Å². The molecule has 0 spiro atoms. The standard InChI is InChI=1S/C6H10N4O/c1-4-5(7)2-10(9-4)3-6(8)11/h2H,3,7H2,1H3,(H2,8,11). The molecule has 5 heteroatoms. The fraction of sp³-hybridized carbons (Fsp3) is 0.333. The van der Waals surface area contributed by atoms with Crippen LogP contribution in [-0.4, -0.2) is 15.7 Å². The summed E-state index contributed by atoms with van der Waals surface area (Å²) >= 11 is 0. The molecule has 1 aromatic heterocycles. The van der Waals surface area contributed by atoms with E-state index in [4.69, 9.17) is 11.5 Å². The molecule has 60 valence electrons. The van der Waals surface area contributed by atoms with Crippen LogP contribution in [0.4, 0.5) is 5.69 Å². The quantitative estimate of drug-likeness (QED) is 0.588. The van der Waals surface area contributed by atoms with Crippen molar-refractivity contribution in [2.75, 3.05) is 5.73 Å². The van der Waals surface area contributed by atoms with Crippen LogP contribution >= 0.6 is 0 Å². The van der Waals surface area contributed by atoms with Crippen molar-refractivity contribution >= 4 is 11.6 Å². The topological polar surface area (TPSA) is 86.9 Å². The molecule has 1 aromatic rings. The zero-order valence-corrected chi connectivity index (χ0v) is 6.24. The number of carbonyl (C=O) groups is 1. The Bertz CT molecular complexity index is 259. The monoisotopic (exact) mass is 154 g/mol. The van der Waals surface area contributed by atoms with Gasteiger partial charge in [0.15, 0.2) is 0 Å². The van der Waals surface area contributed by atoms with Crippen molar-refractivity contribution in [2.24, 2.45) is 5.73 Å². The number of hydrogen-bond acceptors (Lipinski definition) is 3. The van der Waals surface area contributed by atoms with Gasteiger partial charge in [-0.3, -0.25) is 9.48 Å². The highest BCUT2D eigenvalue weighted by atomic mass is 16.1. The van der Waals surface area contributed by atoms with Gasteiger partial charge in [-0.05, 0) is 6.92 Å². The van der Waals surface area contributed by atoms with Gasteiger partial charge in [-0.15, -0.1) is 0 Å². The molecule has 0 aliphatic heterocycles. The maximum Gasteiger partial charge on any atom is 0.239 e. The summed E-state index contributed by atoms with van der Waals surface area (Å²) in [5.41, 5.74) is 11.7. The van der Waals surface area contributed by atoms with Crippen LogP contribution in [0.5, 0.6) is 0 Å². The molecule has 1 heterocycles. The van der Waals surface area contributed by atoms with Crippen LogP contribution < -0.4 is 11.5 Å². The molecular weight excluding hydrogens is 144 g/mol. The Morgan fingerprint density at radius 1 is 1.82 bits per heavy atom. The number of amides is 1. The number of aryl methyl sites for hydroxylation is 1. The van der Waals surface area contributed by atoms with Gasteiger partial charge in [0.1, 0.15) is 6.54 Å². The molecule has 0 aromatic carbocycles. The first-order valence-corrected chi connectivity index (χ1v) is 3.17. The van der Waals surface area contributed by atoms with Gasteiger partial charge in [-0.25, -0.2) is 0 Å². The van der Waals surface area contributed by atoms with Gasteiger partial charge in [0.05, 0.1) is 11.4 Å². The van der Waals surface area contributed by atoms with Crippen LogP contribution in [0.15, 0.2) is 6.20 Å². The molecule has 0 atom stereocenters. The molecular formula is C6H10N4O. The number of anilines is 1.